The molecule has 2 aliphatic heterocycles. The fourth-order valence-electron chi connectivity index (χ4n) is 3.39. The van der Waals surface area contributed by atoms with Crippen LogP contribution in [0, 0.1) is 6.92 Å². The van der Waals surface area contributed by atoms with Crippen LogP contribution >= 0.6 is 11.8 Å². The highest BCUT2D eigenvalue weighted by molar-refractivity contribution is 7.99. The van der Waals surface area contributed by atoms with Crippen molar-refractivity contribution in [3.63, 3.8) is 0 Å². The van der Waals surface area contributed by atoms with Crippen LogP contribution in [0.3, 0.4) is 0 Å². The molecule has 1 aromatic carbocycles. The van der Waals surface area contributed by atoms with Crippen molar-refractivity contribution in [1.29, 1.82) is 0 Å². The zero-order chi connectivity index (χ0) is 15.8. The van der Waals surface area contributed by atoms with Gasteiger partial charge in [-0.3, -0.25) is 4.79 Å². The van der Waals surface area contributed by atoms with Crippen LogP contribution in [0.25, 0.3) is 0 Å². The van der Waals surface area contributed by atoms with E-state index in [9.17, 15) is 4.79 Å². The molecule has 23 heavy (non-hydrogen) atoms. The number of aromatic nitrogens is 1. The predicted octanol–water partition coefficient (Wildman–Crippen LogP) is 2.76. The summed E-state index contributed by atoms with van der Waals surface area (Å²) in [5.74, 6) is 0.00729. The Bertz CT molecular complexity index is 713. The second-order valence-corrected chi connectivity index (χ2v) is 7.27. The van der Waals surface area contributed by atoms with Gasteiger partial charge in [0.2, 0.25) is 0 Å². The predicted molar refractivity (Wildman–Crippen MR) is 87.6 cm³/mol. The molecule has 0 aliphatic carbocycles. The van der Waals surface area contributed by atoms with Crippen LogP contribution in [0.2, 0.25) is 0 Å². The number of hydrogen-bond acceptors (Lipinski definition) is 5. The summed E-state index contributed by atoms with van der Waals surface area (Å²) in [7, 11) is 0. The van der Waals surface area contributed by atoms with Crippen LogP contribution in [0.1, 0.15) is 35.3 Å². The summed E-state index contributed by atoms with van der Waals surface area (Å²) in [6.45, 7) is 1.89. The Morgan fingerprint density at radius 3 is 2.78 bits per heavy atom. The standard InChI is InChI=1S/C17H19N3O2S/c1-10-9-22-17(18-10)23-13-5-2-11(3-6-13)16(21)20-15-8-12-4-7-14(15)19-12/h2-3,5-6,9,12,14-15,19H,4,7-8H2,1H3,(H,20,21)/t12-,14+,15-/m1/s1. The summed E-state index contributed by atoms with van der Waals surface area (Å²) in [4.78, 5) is 17.6. The first kappa shape index (κ1) is 14.8. The van der Waals surface area contributed by atoms with Gasteiger partial charge < -0.3 is 15.1 Å². The highest BCUT2D eigenvalue weighted by Gasteiger charge is 2.39. The minimum Gasteiger partial charge on any atom is -0.439 e. The molecule has 2 saturated heterocycles. The van der Waals surface area contributed by atoms with Gasteiger partial charge >= 0.3 is 0 Å². The van der Waals surface area contributed by atoms with E-state index in [-0.39, 0.29) is 11.9 Å². The summed E-state index contributed by atoms with van der Waals surface area (Å²) in [6, 6.07) is 8.88. The molecule has 1 aromatic heterocycles. The van der Waals surface area contributed by atoms with Crippen LogP contribution in [-0.2, 0) is 0 Å². The Labute approximate surface area is 139 Å². The van der Waals surface area contributed by atoms with Gasteiger partial charge in [0, 0.05) is 28.6 Å². The van der Waals surface area contributed by atoms with E-state index in [0.717, 1.165) is 17.0 Å². The van der Waals surface area contributed by atoms with Gasteiger partial charge in [0.1, 0.15) is 6.26 Å². The van der Waals surface area contributed by atoms with Crippen molar-refractivity contribution in [2.24, 2.45) is 0 Å². The molecule has 2 fully saturated rings. The van der Waals surface area contributed by atoms with Gasteiger partial charge in [-0.2, -0.15) is 0 Å². The molecule has 5 nitrogen and oxygen atoms in total. The van der Waals surface area contributed by atoms with Crippen molar-refractivity contribution < 1.29 is 9.21 Å². The minimum absolute atomic E-state index is 0.00729. The summed E-state index contributed by atoms with van der Waals surface area (Å²) in [5, 5.41) is 7.32. The van der Waals surface area contributed by atoms with E-state index >= 15 is 0 Å². The average Bonchev–Trinajstić information content (AvgIpc) is 3.25. The molecule has 2 aromatic rings. The summed E-state index contributed by atoms with van der Waals surface area (Å²) < 4.78 is 5.33. The first-order chi connectivity index (χ1) is 11.2. The third kappa shape index (κ3) is 3.14. The molecule has 6 heteroatoms. The summed E-state index contributed by atoms with van der Waals surface area (Å²) in [5.41, 5.74) is 1.56. The molecule has 2 aliphatic rings. The van der Waals surface area contributed by atoms with Crippen LogP contribution < -0.4 is 10.6 Å². The molecule has 0 spiro atoms. The summed E-state index contributed by atoms with van der Waals surface area (Å²) in [6.07, 6.45) is 5.09. The lowest BCUT2D eigenvalue weighted by Crippen LogP contribution is -2.42. The second kappa shape index (κ2) is 6.02. The molecule has 2 bridgehead atoms. The van der Waals surface area contributed by atoms with Crippen molar-refractivity contribution in [2.75, 3.05) is 0 Å². The lowest BCUT2D eigenvalue weighted by Gasteiger charge is -2.21. The second-order valence-electron chi connectivity index (χ2n) is 6.24. The molecule has 120 valence electrons. The Morgan fingerprint density at radius 2 is 2.17 bits per heavy atom. The number of hydrogen-bond donors (Lipinski definition) is 2. The molecule has 3 heterocycles. The smallest absolute Gasteiger partial charge is 0.260 e. The van der Waals surface area contributed by atoms with Gasteiger partial charge in [-0.15, -0.1) is 0 Å². The number of nitrogens with zero attached hydrogens (tertiary/aromatic N) is 1. The number of carbonyl (C=O) groups excluding carboxylic acids is 1. The molecule has 0 unspecified atom stereocenters. The Hall–Kier alpha value is -1.79. The van der Waals surface area contributed by atoms with E-state index in [0.29, 0.717) is 22.9 Å². The minimum atomic E-state index is 0.00729. The zero-order valence-corrected chi connectivity index (χ0v) is 13.7. The van der Waals surface area contributed by atoms with Crippen LogP contribution in [0.5, 0.6) is 0 Å². The number of benzene rings is 1. The molecule has 0 radical (unpaired) electrons. The van der Waals surface area contributed by atoms with Gasteiger partial charge in [-0.05, 0) is 62.2 Å². The lowest BCUT2D eigenvalue weighted by molar-refractivity contribution is 0.0931. The third-order valence-electron chi connectivity index (χ3n) is 4.54. The Balaban J connectivity index is 1.38. The molecule has 2 N–H and O–H groups in total. The number of fused-ring (bicyclic) bond motifs is 2. The van der Waals surface area contributed by atoms with Crippen LogP contribution in [0.4, 0.5) is 0 Å². The molecular weight excluding hydrogens is 310 g/mol. The fraction of sp³-hybridized carbons (Fsp3) is 0.412. The maximum absolute atomic E-state index is 12.4. The highest BCUT2D eigenvalue weighted by atomic mass is 32.2. The number of aryl methyl sites for hydroxylation is 1. The maximum atomic E-state index is 12.4. The zero-order valence-electron chi connectivity index (χ0n) is 12.9. The number of rotatable bonds is 4. The van der Waals surface area contributed by atoms with Crippen molar-refractivity contribution in [2.45, 2.75) is 54.4 Å². The molecule has 0 saturated carbocycles. The van der Waals surface area contributed by atoms with Crippen LogP contribution in [0.15, 0.2) is 45.1 Å². The fourth-order valence-corrected chi connectivity index (χ4v) is 4.15. The number of amides is 1. The molecule has 4 rings (SSSR count). The van der Waals surface area contributed by atoms with Crippen molar-refractivity contribution in [3.8, 4) is 0 Å². The highest BCUT2D eigenvalue weighted by Crippen LogP contribution is 2.29. The third-order valence-corrected chi connectivity index (χ3v) is 5.41. The van der Waals surface area contributed by atoms with Gasteiger partial charge in [-0.1, -0.05) is 0 Å². The Morgan fingerprint density at radius 1 is 1.35 bits per heavy atom. The first-order valence-corrected chi connectivity index (χ1v) is 8.76. The number of carbonyl (C=O) groups is 1. The van der Waals surface area contributed by atoms with E-state index in [1.54, 1.807) is 6.26 Å². The van der Waals surface area contributed by atoms with E-state index in [2.05, 4.69) is 15.6 Å². The van der Waals surface area contributed by atoms with E-state index in [4.69, 9.17) is 4.42 Å². The van der Waals surface area contributed by atoms with E-state index in [1.165, 1.54) is 24.6 Å². The average molecular weight is 329 g/mol. The SMILES string of the molecule is Cc1coc(Sc2ccc(C(=O)N[C@@H]3C[C@H]4CC[C@@H]3N4)cc2)n1. The maximum Gasteiger partial charge on any atom is 0.260 e. The quantitative estimate of drug-likeness (QED) is 0.903. The Kier molecular flexibility index (Phi) is 3.87. The van der Waals surface area contributed by atoms with Gasteiger partial charge in [0.15, 0.2) is 0 Å². The van der Waals surface area contributed by atoms with Gasteiger partial charge in [-0.25, -0.2) is 4.98 Å². The molecule has 3 atom stereocenters. The summed E-state index contributed by atoms with van der Waals surface area (Å²) >= 11 is 1.45. The van der Waals surface area contributed by atoms with Crippen molar-refractivity contribution in [1.82, 2.24) is 15.6 Å². The number of oxazole rings is 1. The van der Waals surface area contributed by atoms with E-state index in [1.807, 2.05) is 31.2 Å². The number of nitrogens with one attached hydrogen (secondary N) is 2. The van der Waals surface area contributed by atoms with Gasteiger partial charge in [0.25, 0.3) is 11.1 Å². The molecule has 1 amide bonds. The topological polar surface area (TPSA) is 67.2 Å². The van der Waals surface area contributed by atoms with E-state index < -0.39 is 0 Å². The largest absolute Gasteiger partial charge is 0.439 e. The molecular formula is C17H19N3O2S. The first-order valence-electron chi connectivity index (χ1n) is 7.94. The monoisotopic (exact) mass is 329 g/mol. The van der Waals surface area contributed by atoms with Crippen LogP contribution in [-0.4, -0.2) is 29.0 Å². The van der Waals surface area contributed by atoms with Crippen molar-refractivity contribution in [3.05, 3.63) is 41.8 Å². The normalized spacial score (nSPS) is 25.7. The van der Waals surface area contributed by atoms with Crippen molar-refractivity contribution >= 4 is 17.7 Å². The lowest BCUT2D eigenvalue weighted by atomic mass is 9.95. The van der Waals surface area contributed by atoms with Gasteiger partial charge in [0.05, 0.1) is 5.69 Å².